The molecule has 0 radical (unpaired) electrons. The van der Waals surface area contributed by atoms with E-state index in [1.807, 2.05) is 115 Å². The molecule has 1 amide bonds. The summed E-state index contributed by atoms with van der Waals surface area (Å²) in [5.74, 6) is 1.34. The van der Waals surface area contributed by atoms with Gasteiger partial charge in [-0.1, -0.05) is 97.1 Å². The lowest BCUT2D eigenvalue weighted by Gasteiger charge is -2.30. The molecular weight excluding hydrogens is 602 g/mol. The minimum absolute atomic E-state index is 0.0635. The summed E-state index contributed by atoms with van der Waals surface area (Å²) in [6.45, 7) is 0.893. The number of methoxy groups -OCH3 is 1. The highest BCUT2D eigenvalue weighted by Crippen LogP contribution is 2.43. The largest absolute Gasteiger partial charge is 0.497 e. The van der Waals surface area contributed by atoms with Crippen molar-refractivity contribution in [2.24, 2.45) is 4.99 Å². The summed E-state index contributed by atoms with van der Waals surface area (Å²) in [5, 5.41) is 11.3. The second kappa shape index (κ2) is 15.4. The van der Waals surface area contributed by atoms with E-state index in [4.69, 9.17) is 24.3 Å². The Labute approximate surface area is 280 Å². The van der Waals surface area contributed by atoms with Crippen LogP contribution in [0.4, 0.5) is 0 Å². The van der Waals surface area contributed by atoms with Gasteiger partial charge in [-0.3, -0.25) is 10.2 Å². The molecule has 0 saturated heterocycles. The minimum atomic E-state index is -1.37. The topological polar surface area (TPSA) is 101 Å². The van der Waals surface area contributed by atoms with Crippen LogP contribution in [0, 0.1) is 0 Å². The van der Waals surface area contributed by atoms with Crippen molar-refractivity contribution in [3.05, 3.63) is 150 Å². The van der Waals surface area contributed by atoms with Crippen molar-refractivity contribution in [3.8, 4) is 11.5 Å². The van der Waals surface area contributed by atoms with E-state index in [-0.39, 0.29) is 18.9 Å². The number of hydrogen-bond donors (Lipinski definition) is 3. The molecule has 5 aromatic rings. The van der Waals surface area contributed by atoms with Gasteiger partial charge < -0.3 is 19.3 Å². The van der Waals surface area contributed by atoms with E-state index in [0.717, 1.165) is 27.5 Å². The maximum atomic E-state index is 14.5. The predicted molar refractivity (Wildman–Crippen MR) is 189 cm³/mol. The molecule has 0 saturated carbocycles. The Morgan fingerprint density at radius 1 is 0.917 bits per heavy atom. The smallest absolute Gasteiger partial charge is 0.266 e. The van der Waals surface area contributed by atoms with Gasteiger partial charge in [0.05, 0.1) is 13.7 Å². The van der Waals surface area contributed by atoms with Crippen molar-refractivity contribution in [1.29, 1.82) is 0 Å². The van der Waals surface area contributed by atoms with Gasteiger partial charge in [0.25, 0.3) is 5.91 Å². The van der Waals surface area contributed by atoms with E-state index < -0.39 is 11.6 Å². The van der Waals surface area contributed by atoms with Gasteiger partial charge in [-0.05, 0) is 63.9 Å². The number of aliphatic hydroxyl groups is 1. The molecule has 0 aliphatic carbocycles. The normalized spacial score (nSPS) is 17.2. The lowest BCUT2D eigenvalue weighted by molar-refractivity contribution is -0.129. The molecule has 8 nitrogen and oxygen atoms in total. The number of aliphatic hydroxyl groups excluding tert-OH is 1. The lowest BCUT2D eigenvalue weighted by atomic mass is 9.84. The summed E-state index contributed by atoms with van der Waals surface area (Å²) in [4.78, 5) is 19.6. The van der Waals surface area contributed by atoms with Crippen molar-refractivity contribution in [2.45, 2.75) is 31.0 Å². The van der Waals surface area contributed by atoms with Gasteiger partial charge in [0.2, 0.25) is 5.90 Å². The van der Waals surface area contributed by atoms with Crippen molar-refractivity contribution in [2.75, 3.05) is 20.3 Å². The number of aliphatic imine (C=N–C) groups is 1. The number of hydrazine groups is 1. The van der Waals surface area contributed by atoms with E-state index in [9.17, 15) is 4.79 Å². The number of rotatable bonds is 14. The number of ether oxygens (including phenoxy) is 3. The first kappa shape index (κ1) is 32.5. The van der Waals surface area contributed by atoms with Crippen LogP contribution in [0.1, 0.15) is 41.2 Å². The van der Waals surface area contributed by atoms with Gasteiger partial charge in [-0.15, -0.1) is 0 Å². The highest BCUT2D eigenvalue weighted by atomic mass is 16.5. The first-order valence-electron chi connectivity index (χ1n) is 16.1. The molecule has 6 rings (SSSR count). The number of hydrogen-bond acceptors (Lipinski definition) is 7. The zero-order chi connectivity index (χ0) is 33.2. The Hall–Kier alpha value is -5.44. The number of carbonyl (C=O) groups is 1. The molecule has 1 aliphatic heterocycles. The Morgan fingerprint density at radius 2 is 1.69 bits per heavy atom. The van der Waals surface area contributed by atoms with E-state index in [1.165, 1.54) is 0 Å². The third kappa shape index (κ3) is 7.41. The quantitative estimate of drug-likeness (QED) is 0.0912. The molecule has 48 heavy (non-hydrogen) atoms. The van der Waals surface area contributed by atoms with Crippen molar-refractivity contribution in [3.63, 3.8) is 0 Å². The maximum absolute atomic E-state index is 14.5. The number of amides is 1. The molecule has 8 heteroatoms. The standard InChI is InChI=1S/C40H39N3O5/c1-46-35-18-8-16-32(27-35)37-40(24-9-13-29-11-3-2-4-12-29,42-38(48-37)31-20-22-34(23-21-31)47-26-10-25-44)39(45)43-41-28-33-17-7-15-30-14-5-6-19-36(30)33/h2-9,11-23,27,37,41,44H,10,24-26,28H2,1H3,(H,43,45)/b13-9+/t37-,40-/m0/s1. The van der Waals surface area contributed by atoms with Crippen LogP contribution < -0.4 is 20.3 Å². The fourth-order valence-electron chi connectivity index (χ4n) is 5.83. The average Bonchev–Trinajstić information content (AvgIpc) is 3.53. The van der Waals surface area contributed by atoms with E-state index in [2.05, 4.69) is 29.1 Å². The van der Waals surface area contributed by atoms with Crippen LogP contribution in [0.2, 0.25) is 0 Å². The number of nitrogens with one attached hydrogen (secondary N) is 2. The van der Waals surface area contributed by atoms with Crippen LogP contribution in [0.3, 0.4) is 0 Å². The van der Waals surface area contributed by atoms with Crippen LogP contribution in [0.5, 0.6) is 11.5 Å². The molecule has 2 atom stereocenters. The first-order chi connectivity index (χ1) is 23.6. The number of carbonyl (C=O) groups excluding carboxylic acids is 1. The Kier molecular flexibility index (Phi) is 10.4. The molecule has 0 aromatic heterocycles. The highest BCUT2D eigenvalue weighted by molar-refractivity contribution is 6.01. The number of nitrogens with zero attached hydrogens (tertiary/aromatic N) is 1. The van der Waals surface area contributed by atoms with Gasteiger partial charge in [0.15, 0.2) is 11.6 Å². The van der Waals surface area contributed by atoms with Crippen molar-refractivity contribution in [1.82, 2.24) is 10.9 Å². The highest BCUT2D eigenvalue weighted by Gasteiger charge is 2.52. The second-order valence-corrected chi connectivity index (χ2v) is 11.5. The second-order valence-electron chi connectivity index (χ2n) is 11.5. The lowest BCUT2D eigenvalue weighted by Crippen LogP contribution is -2.52. The van der Waals surface area contributed by atoms with Gasteiger partial charge >= 0.3 is 0 Å². The van der Waals surface area contributed by atoms with Gasteiger partial charge in [-0.2, -0.15) is 0 Å². The first-order valence-corrected chi connectivity index (χ1v) is 16.1. The molecule has 1 heterocycles. The molecule has 1 aliphatic rings. The fourth-order valence-corrected chi connectivity index (χ4v) is 5.83. The summed E-state index contributed by atoms with van der Waals surface area (Å²) < 4.78 is 17.9. The zero-order valence-corrected chi connectivity index (χ0v) is 26.8. The van der Waals surface area contributed by atoms with E-state index in [1.54, 1.807) is 7.11 Å². The summed E-state index contributed by atoms with van der Waals surface area (Å²) in [6, 6.07) is 39.2. The SMILES string of the molecule is COc1cccc([C@@H]2OC(c3ccc(OCCCO)cc3)=N[C@]2(C/C=C/c2ccccc2)C(=O)NNCc2cccc3ccccc23)c1. The Morgan fingerprint density at radius 3 is 2.50 bits per heavy atom. The third-order valence-electron chi connectivity index (χ3n) is 8.33. The number of benzene rings is 5. The molecule has 244 valence electrons. The van der Waals surface area contributed by atoms with Crippen molar-refractivity contribution < 1.29 is 24.1 Å². The monoisotopic (exact) mass is 641 g/mol. The van der Waals surface area contributed by atoms with Crippen LogP contribution in [-0.2, 0) is 16.1 Å². The summed E-state index contributed by atoms with van der Waals surface area (Å²) in [6.07, 6.45) is 4.01. The minimum Gasteiger partial charge on any atom is -0.497 e. The Bertz CT molecular complexity index is 1890. The summed E-state index contributed by atoms with van der Waals surface area (Å²) >= 11 is 0. The van der Waals surface area contributed by atoms with E-state index in [0.29, 0.717) is 42.5 Å². The summed E-state index contributed by atoms with van der Waals surface area (Å²) in [7, 11) is 1.61. The molecule has 0 unspecified atom stereocenters. The van der Waals surface area contributed by atoms with Crippen molar-refractivity contribution >= 4 is 28.7 Å². The maximum Gasteiger partial charge on any atom is 0.266 e. The van der Waals surface area contributed by atoms with Crippen LogP contribution in [0.25, 0.3) is 16.8 Å². The molecule has 5 aromatic carbocycles. The predicted octanol–water partition coefficient (Wildman–Crippen LogP) is 6.79. The third-order valence-corrected chi connectivity index (χ3v) is 8.33. The van der Waals surface area contributed by atoms with Crippen LogP contribution in [-0.4, -0.2) is 42.8 Å². The average molecular weight is 642 g/mol. The molecule has 3 N–H and O–H groups in total. The van der Waals surface area contributed by atoms with Crippen LogP contribution in [0.15, 0.2) is 132 Å². The molecule has 0 bridgehead atoms. The zero-order valence-electron chi connectivity index (χ0n) is 26.8. The Balaban J connectivity index is 1.35. The van der Waals surface area contributed by atoms with Crippen LogP contribution >= 0.6 is 0 Å². The van der Waals surface area contributed by atoms with Gasteiger partial charge in [-0.25, -0.2) is 10.4 Å². The number of fused-ring (bicyclic) bond motifs is 1. The van der Waals surface area contributed by atoms with Gasteiger partial charge in [0.1, 0.15) is 11.5 Å². The summed E-state index contributed by atoms with van der Waals surface area (Å²) in [5.41, 5.74) is 8.34. The molecular formula is C40H39N3O5. The molecule has 0 spiro atoms. The van der Waals surface area contributed by atoms with E-state index >= 15 is 0 Å². The molecule has 0 fully saturated rings. The fraction of sp³-hybridized carbons (Fsp3) is 0.200. The van der Waals surface area contributed by atoms with Gasteiger partial charge in [0, 0.05) is 31.6 Å².